The van der Waals surface area contributed by atoms with E-state index in [9.17, 15) is 76.3 Å². The second-order valence-electron chi connectivity index (χ2n) is 28.8. The molecular formula is C59H95NO26. The lowest BCUT2D eigenvalue weighted by Gasteiger charge is -2.72. The fourth-order valence-electron chi connectivity index (χ4n) is 17.6. The predicted molar refractivity (Wildman–Crippen MR) is 290 cm³/mol. The summed E-state index contributed by atoms with van der Waals surface area (Å²) in [6.45, 7) is 13.1. The number of amides is 1. The highest BCUT2D eigenvalue weighted by Gasteiger charge is 2.72. The van der Waals surface area contributed by atoms with Gasteiger partial charge in [0.2, 0.25) is 12.2 Å². The van der Waals surface area contributed by atoms with E-state index in [-0.39, 0.29) is 42.1 Å². The van der Waals surface area contributed by atoms with Gasteiger partial charge in [-0.25, -0.2) is 0 Å². The van der Waals surface area contributed by atoms with Crippen molar-refractivity contribution in [1.82, 2.24) is 5.32 Å². The summed E-state index contributed by atoms with van der Waals surface area (Å²) in [5.41, 5.74) is -4.97. The number of allylic oxidation sites excluding steroid dienone is 2. The first-order chi connectivity index (χ1) is 40.2. The van der Waals surface area contributed by atoms with Gasteiger partial charge in [-0.05, 0) is 103 Å². The molecule has 27 nitrogen and oxygen atoms in total. The van der Waals surface area contributed by atoms with E-state index in [2.05, 4.69) is 59.9 Å². The molecule has 9 fully saturated rings. The first kappa shape index (κ1) is 66.7. The fraction of sp³-hybridized carbons (Fsp3) is 0.932. The number of fused-ring (bicyclic) bond motifs is 7. The van der Waals surface area contributed by atoms with Crippen LogP contribution in [0.2, 0.25) is 0 Å². The van der Waals surface area contributed by atoms with Crippen LogP contribution in [0.15, 0.2) is 11.6 Å². The van der Waals surface area contributed by atoms with Crippen molar-refractivity contribution < 1.29 is 128 Å². The first-order valence-corrected chi connectivity index (χ1v) is 30.6. The number of aliphatic hydroxyl groups excluding tert-OH is 13. The van der Waals surface area contributed by atoms with Gasteiger partial charge in [0, 0.05) is 6.92 Å². The van der Waals surface area contributed by atoms with Gasteiger partial charge in [0.15, 0.2) is 31.3 Å². The number of aliphatic hydroxyl groups is 14. The minimum atomic E-state index is -2.12. The highest BCUT2D eigenvalue weighted by Crippen LogP contribution is 2.76. The van der Waals surface area contributed by atoms with Crippen molar-refractivity contribution in [3.8, 4) is 0 Å². The van der Waals surface area contributed by atoms with Gasteiger partial charge in [-0.3, -0.25) is 9.59 Å². The SMILES string of the molecule is CC(=O)N[C@H]1[C@H](O[C@H]2CC[C@]3(C)[C@H]4CC=C5[C@@H]6CC(C)(C)CC[C@]6(C(=O)O[C@@H]6O[C@H](CO)[C@@H](O)[C@H](O)[C@H]6O[C@@H]6OC[C@](O)(CO)[C@H]6O)[C@H](O)C[C@@]5(C)[C@]4(C)CC[C@H]3C2(C)C)O[C@H](CO[C@@H]2OC[C@H](O)[C@@H](O)[C@H]2O)[C@@H](O)[C@@H]1O[C@@H]1OC[C@@H](O)[C@H](O)[C@H]1O. The Bertz CT molecular complexity index is 2460. The molecule has 492 valence electrons. The number of carbonyl (C=O) groups excluding carboxylic acids is 2. The normalized spacial score (nSPS) is 52.5. The summed E-state index contributed by atoms with van der Waals surface area (Å²) in [5.74, 6) is -1.89. The molecule has 5 saturated heterocycles. The highest BCUT2D eigenvalue weighted by molar-refractivity contribution is 5.80. The molecule has 0 aromatic carbocycles. The average molecular weight is 1230 g/mol. The Hall–Kier alpha value is -2.24. The number of carbonyl (C=O) groups is 2. The number of ether oxygens (including phenoxy) is 10. The molecule has 5 aliphatic heterocycles. The van der Waals surface area contributed by atoms with Crippen molar-refractivity contribution in [1.29, 1.82) is 0 Å². The fourth-order valence-corrected chi connectivity index (χ4v) is 17.6. The topological polar surface area (TPSA) is 422 Å². The van der Waals surface area contributed by atoms with Gasteiger partial charge in [0.05, 0.1) is 51.8 Å². The molecule has 30 atom stereocenters. The summed E-state index contributed by atoms with van der Waals surface area (Å²) in [5, 5.41) is 155. The Labute approximate surface area is 499 Å². The molecule has 15 N–H and O–H groups in total. The van der Waals surface area contributed by atoms with E-state index in [1.807, 2.05) is 0 Å². The molecular weight excluding hydrogens is 1140 g/mol. The van der Waals surface area contributed by atoms with Crippen LogP contribution < -0.4 is 5.32 Å². The molecule has 0 radical (unpaired) electrons. The summed E-state index contributed by atoms with van der Waals surface area (Å²) in [6.07, 6.45) is -25.5. The van der Waals surface area contributed by atoms with Crippen molar-refractivity contribution in [2.75, 3.05) is 39.6 Å². The van der Waals surface area contributed by atoms with Gasteiger partial charge in [0.1, 0.15) is 96.4 Å². The third kappa shape index (κ3) is 11.1. The first-order valence-electron chi connectivity index (χ1n) is 30.6. The maximum absolute atomic E-state index is 15.4. The lowest BCUT2D eigenvalue weighted by molar-refractivity contribution is -0.349. The van der Waals surface area contributed by atoms with Crippen molar-refractivity contribution in [2.45, 2.75) is 254 Å². The summed E-state index contributed by atoms with van der Waals surface area (Å²) >= 11 is 0. The summed E-state index contributed by atoms with van der Waals surface area (Å²) in [4.78, 5) is 28.5. The molecule has 0 bridgehead atoms. The molecule has 0 unspecified atom stereocenters. The Morgan fingerprint density at radius 2 is 1.29 bits per heavy atom. The third-order valence-corrected chi connectivity index (χ3v) is 22.9. The van der Waals surface area contributed by atoms with Crippen LogP contribution in [0.25, 0.3) is 0 Å². The second-order valence-corrected chi connectivity index (χ2v) is 28.8. The van der Waals surface area contributed by atoms with Crippen LogP contribution in [-0.4, -0.2) is 264 Å². The zero-order valence-corrected chi connectivity index (χ0v) is 50.3. The van der Waals surface area contributed by atoms with Crippen LogP contribution in [0.4, 0.5) is 0 Å². The molecule has 10 aliphatic rings. The lowest BCUT2D eigenvalue weighted by atomic mass is 9.33. The standard InChI is InChI=1S/C59H95NO26/c1-25(63)60-36-44(84-49-43(73)38(68)29(65)21-78-49)40(70)31(22-79-48-42(72)37(67)28(64)20-77-48)82-47(36)83-35-12-13-55(6)32(54(35,4)5)11-14-56(7)33(55)10-9-26-27-17-53(2,3)15-16-59(27,34(66)18-57(26,56)8)52(75)86-50-45(41(71)39(69)30(19-61)81-50)85-51-46(74)58(76,23-62)24-80-51/h9,27-51,61-62,64-74,76H,10-24H2,1-8H3,(H,60,63)/t27-,28-,29+,30+,31+,32-,33+,34+,35-,36+,37+,38-,39+,40+,41-,42+,43+,44+,45+,46-,47-,48-,49-,50-,51-,55-,56+,57+,58+,59+/m0/s1. The zero-order valence-electron chi connectivity index (χ0n) is 50.3. The molecule has 5 heterocycles. The Kier molecular flexibility index (Phi) is 18.9. The van der Waals surface area contributed by atoms with Crippen molar-refractivity contribution in [3.05, 3.63) is 11.6 Å². The largest absolute Gasteiger partial charge is 0.432 e. The van der Waals surface area contributed by atoms with Crippen LogP contribution in [0.3, 0.4) is 0 Å². The van der Waals surface area contributed by atoms with Crippen LogP contribution in [0.5, 0.6) is 0 Å². The summed E-state index contributed by atoms with van der Waals surface area (Å²) < 4.78 is 60.3. The average Bonchev–Trinajstić information content (AvgIpc) is 0.745. The second kappa shape index (κ2) is 24.3. The molecule has 27 heteroatoms. The predicted octanol–water partition coefficient (Wildman–Crippen LogP) is -3.18. The van der Waals surface area contributed by atoms with Crippen LogP contribution in [0, 0.1) is 50.2 Å². The van der Waals surface area contributed by atoms with Crippen LogP contribution in [-0.2, 0) is 57.0 Å². The van der Waals surface area contributed by atoms with Crippen LogP contribution in [0.1, 0.15) is 113 Å². The molecule has 4 saturated carbocycles. The zero-order chi connectivity index (χ0) is 62.8. The molecule has 1 amide bonds. The van der Waals surface area contributed by atoms with E-state index in [0.29, 0.717) is 44.9 Å². The molecule has 0 aromatic rings. The number of esters is 1. The Morgan fingerprint density at radius 3 is 1.93 bits per heavy atom. The van der Waals surface area contributed by atoms with Gasteiger partial charge in [0.25, 0.3) is 0 Å². The monoisotopic (exact) mass is 1230 g/mol. The van der Waals surface area contributed by atoms with Gasteiger partial charge < -0.3 is 124 Å². The van der Waals surface area contributed by atoms with Crippen molar-refractivity contribution >= 4 is 11.9 Å². The molecule has 0 spiro atoms. The van der Waals surface area contributed by atoms with Gasteiger partial charge in [-0.2, -0.15) is 0 Å². The third-order valence-electron chi connectivity index (χ3n) is 22.9. The summed E-state index contributed by atoms with van der Waals surface area (Å²) in [6, 6.07) is -1.28. The smallest absolute Gasteiger partial charge is 0.317 e. The maximum Gasteiger partial charge on any atom is 0.317 e. The summed E-state index contributed by atoms with van der Waals surface area (Å²) in [7, 11) is 0. The van der Waals surface area contributed by atoms with Gasteiger partial charge in [-0.15, -0.1) is 0 Å². The number of rotatable bonds is 14. The quantitative estimate of drug-likeness (QED) is 0.0463. The van der Waals surface area contributed by atoms with Crippen molar-refractivity contribution in [2.24, 2.45) is 50.2 Å². The van der Waals surface area contributed by atoms with E-state index in [1.54, 1.807) is 0 Å². The lowest BCUT2D eigenvalue weighted by Crippen LogP contribution is -2.69. The Morgan fingerprint density at radius 1 is 0.651 bits per heavy atom. The number of nitrogens with one attached hydrogen (secondary N) is 1. The highest BCUT2D eigenvalue weighted by atomic mass is 16.8. The van der Waals surface area contributed by atoms with E-state index in [4.69, 9.17) is 47.4 Å². The molecule has 10 rings (SSSR count). The number of hydrogen-bond donors (Lipinski definition) is 15. The molecule has 5 aliphatic carbocycles. The minimum absolute atomic E-state index is 0.00187. The minimum Gasteiger partial charge on any atom is -0.432 e. The van der Waals surface area contributed by atoms with Crippen molar-refractivity contribution in [3.63, 3.8) is 0 Å². The molecule has 0 aromatic heterocycles. The van der Waals surface area contributed by atoms with Gasteiger partial charge in [-0.1, -0.05) is 60.1 Å². The maximum atomic E-state index is 15.4. The van der Waals surface area contributed by atoms with Gasteiger partial charge >= 0.3 is 5.97 Å². The van der Waals surface area contributed by atoms with E-state index in [1.165, 1.54) is 6.92 Å². The molecule has 86 heavy (non-hydrogen) atoms. The van der Waals surface area contributed by atoms with E-state index >= 15 is 4.79 Å². The van der Waals surface area contributed by atoms with Crippen LogP contribution >= 0.6 is 0 Å². The Balaban J connectivity index is 0.916. The number of hydrogen-bond acceptors (Lipinski definition) is 26. The van der Waals surface area contributed by atoms with E-state index < -0.39 is 213 Å². The van der Waals surface area contributed by atoms with E-state index in [0.717, 1.165) is 5.57 Å².